The Labute approximate surface area is 198 Å². The fourth-order valence-electron chi connectivity index (χ4n) is 5.21. The van der Waals surface area contributed by atoms with Crippen LogP contribution in [0.4, 0.5) is 0 Å². The maximum absolute atomic E-state index is 6.56. The number of hydrogen-bond donors (Lipinski definition) is 0. The topological polar surface area (TPSA) is 31.4 Å². The van der Waals surface area contributed by atoms with Crippen LogP contribution in [-0.4, -0.2) is 11.7 Å². The number of pyridine rings is 1. The number of ether oxygens (including phenoxy) is 2. The number of nitrogens with zero attached hydrogens (tertiary/aromatic N) is 1. The zero-order valence-electron chi connectivity index (χ0n) is 18.7. The molecule has 0 saturated carbocycles. The zero-order chi connectivity index (χ0) is 22.6. The lowest BCUT2D eigenvalue weighted by Gasteiger charge is -2.33. The molecule has 3 heterocycles. The van der Waals surface area contributed by atoms with E-state index in [1.165, 1.54) is 11.1 Å². The first-order chi connectivity index (χ1) is 16.8. The van der Waals surface area contributed by atoms with Crippen molar-refractivity contribution in [1.29, 1.82) is 0 Å². The lowest BCUT2D eigenvalue weighted by Crippen LogP contribution is -2.57. The molecule has 0 saturated heterocycles. The predicted octanol–water partition coefficient (Wildman–Crippen LogP) is 5.45. The second-order valence-electron chi connectivity index (χ2n) is 8.82. The zero-order valence-corrected chi connectivity index (χ0v) is 18.7. The van der Waals surface area contributed by atoms with E-state index in [0.717, 1.165) is 56.2 Å². The average Bonchev–Trinajstić information content (AvgIpc) is 2.89. The van der Waals surface area contributed by atoms with Crippen molar-refractivity contribution in [3.63, 3.8) is 0 Å². The van der Waals surface area contributed by atoms with Gasteiger partial charge in [0.15, 0.2) is 0 Å². The number of aromatic nitrogens is 1. The summed E-state index contributed by atoms with van der Waals surface area (Å²) in [6, 6.07) is 33.2. The molecule has 0 N–H and O–H groups in total. The summed E-state index contributed by atoms with van der Waals surface area (Å²) in [5.41, 5.74) is 8.74. The second kappa shape index (κ2) is 7.36. The van der Waals surface area contributed by atoms with E-state index >= 15 is 0 Å². The van der Waals surface area contributed by atoms with Gasteiger partial charge in [-0.05, 0) is 59.3 Å². The van der Waals surface area contributed by atoms with Crippen molar-refractivity contribution in [3.8, 4) is 45.4 Å². The molecule has 34 heavy (non-hydrogen) atoms. The molecule has 0 spiro atoms. The van der Waals surface area contributed by atoms with E-state index in [-0.39, 0.29) is 6.71 Å². The summed E-state index contributed by atoms with van der Waals surface area (Å²) in [5.74, 6) is 3.45. The summed E-state index contributed by atoms with van der Waals surface area (Å²) >= 11 is 0. The Balaban J connectivity index is 1.43. The fourth-order valence-corrected chi connectivity index (χ4v) is 5.21. The molecule has 0 amide bonds. The van der Waals surface area contributed by atoms with Gasteiger partial charge in [-0.1, -0.05) is 66.7 Å². The standard InChI is InChI=1S/C30H20BNO2/c1-19-17-25(32-18-22(19)20-9-3-2-4-10-20)21-15-16-28-29-30(21)34-27-14-8-6-12-24(27)31(29)23-11-5-7-13-26(23)33-28/h2-18H,1H3. The Bertz CT molecular complexity index is 1570. The number of rotatable bonds is 2. The van der Waals surface area contributed by atoms with E-state index < -0.39 is 0 Å². The molecule has 0 bridgehead atoms. The highest BCUT2D eigenvalue weighted by molar-refractivity contribution is 6.98. The molecule has 2 aliphatic rings. The monoisotopic (exact) mass is 437 g/mol. The summed E-state index contributed by atoms with van der Waals surface area (Å²) in [5, 5.41) is 0. The first kappa shape index (κ1) is 19.2. The third kappa shape index (κ3) is 2.82. The Hall–Kier alpha value is -4.31. The van der Waals surface area contributed by atoms with E-state index in [9.17, 15) is 0 Å². The quantitative estimate of drug-likeness (QED) is 0.337. The van der Waals surface area contributed by atoms with Crippen molar-refractivity contribution in [2.24, 2.45) is 0 Å². The molecular formula is C30H20BNO2. The normalized spacial score (nSPS) is 12.7. The smallest absolute Gasteiger partial charge is 0.260 e. The summed E-state index contributed by atoms with van der Waals surface area (Å²) in [6.45, 7) is 2.19. The summed E-state index contributed by atoms with van der Waals surface area (Å²) in [4.78, 5) is 4.87. The highest BCUT2D eigenvalue weighted by atomic mass is 16.5. The van der Waals surface area contributed by atoms with Gasteiger partial charge in [-0.25, -0.2) is 0 Å². The van der Waals surface area contributed by atoms with Crippen molar-refractivity contribution < 1.29 is 9.47 Å². The van der Waals surface area contributed by atoms with Gasteiger partial charge in [-0.2, -0.15) is 0 Å². The third-order valence-corrected chi connectivity index (χ3v) is 6.81. The molecule has 0 atom stereocenters. The first-order valence-electron chi connectivity index (χ1n) is 11.5. The van der Waals surface area contributed by atoms with Crippen LogP contribution in [0.5, 0.6) is 23.0 Å². The summed E-state index contributed by atoms with van der Waals surface area (Å²) in [6.07, 6.45) is 1.96. The molecule has 0 fully saturated rings. The number of para-hydroxylation sites is 2. The van der Waals surface area contributed by atoms with Gasteiger partial charge in [0.25, 0.3) is 6.71 Å². The number of aryl methyl sites for hydroxylation is 1. The van der Waals surface area contributed by atoms with Crippen LogP contribution in [0.2, 0.25) is 0 Å². The van der Waals surface area contributed by atoms with Crippen LogP contribution < -0.4 is 25.9 Å². The molecular weight excluding hydrogens is 417 g/mol. The van der Waals surface area contributed by atoms with Crippen LogP contribution in [0.3, 0.4) is 0 Å². The fraction of sp³-hybridized carbons (Fsp3) is 0.0333. The van der Waals surface area contributed by atoms with Crippen molar-refractivity contribution in [2.45, 2.75) is 6.92 Å². The number of fused-ring (bicyclic) bond motifs is 4. The van der Waals surface area contributed by atoms with Crippen molar-refractivity contribution >= 4 is 23.1 Å². The summed E-state index contributed by atoms with van der Waals surface area (Å²) in [7, 11) is 0. The van der Waals surface area contributed by atoms with Gasteiger partial charge in [-0.3, -0.25) is 4.98 Å². The minimum Gasteiger partial charge on any atom is -0.458 e. The molecule has 3 nitrogen and oxygen atoms in total. The predicted molar refractivity (Wildman–Crippen MR) is 138 cm³/mol. The molecule has 0 unspecified atom stereocenters. The van der Waals surface area contributed by atoms with Gasteiger partial charge in [0.2, 0.25) is 0 Å². The van der Waals surface area contributed by atoms with Crippen molar-refractivity contribution in [2.75, 3.05) is 0 Å². The molecule has 4 heteroatoms. The van der Waals surface area contributed by atoms with Gasteiger partial charge in [0, 0.05) is 22.8 Å². The number of hydrogen-bond acceptors (Lipinski definition) is 3. The molecule has 1 aromatic heterocycles. The van der Waals surface area contributed by atoms with E-state index in [4.69, 9.17) is 14.5 Å². The van der Waals surface area contributed by atoms with Crippen LogP contribution in [0, 0.1) is 6.92 Å². The molecule has 7 rings (SSSR count). The van der Waals surface area contributed by atoms with E-state index in [2.05, 4.69) is 73.7 Å². The average molecular weight is 437 g/mol. The van der Waals surface area contributed by atoms with Crippen LogP contribution in [0.1, 0.15) is 5.56 Å². The van der Waals surface area contributed by atoms with Crippen LogP contribution in [0.15, 0.2) is 103 Å². The Morgan fingerprint density at radius 1 is 0.647 bits per heavy atom. The highest BCUT2D eigenvalue weighted by Gasteiger charge is 2.40. The van der Waals surface area contributed by atoms with E-state index in [0.29, 0.717) is 0 Å². The molecule has 160 valence electrons. The molecule has 0 aliphatic carbocycles. The molecule has 4 aromatic carbocycles. The Morgan fingerprint density at radius 3 is 2.06 bits per heavy atom. The second-order valence-corrected chi connectivity index (χ2v) is 8.82. The van der Waals surface area contributed by atoms with Gasteiger partial charge < -0.3 is 9.47 Å². The lowest BCUT2D eigenvalue weighted by atomic mass is 9.34. The van der Waals surface area contributed by atoms with Gasteiger partial charge in [-0.15, -0.1) is 0 Å². The molecule has 2 aliphatic heterocycles. The largest absolute Gasteiger partial charge is 0.458 e. The minimum absolute atomic E-state index is 0.0598. The lowest BCUT2D eigenvalue weighted by molar-refractivity contribution is 0.465. The Morgan fingerprint density at radius 2 is 1.32 bits per heavy atom. The maximum atomic E-state index is 6.56. The van der Waals surface area contributed by atoms with Crippen LogP contribution in [0.25, 0.3) is 22.4 Å². The Kier molecular flexibility index (Phi) is 4.15. The minimum atomic E-state index is 0.0598. The van der Waals surface area contributed by atoms with Gasteiger partial charge in [0.1, 0.15) is 23.0 Å². The van der Waals surface area contributed by atoms with Crippen molar-refractivity contribution in [1.82, 2.24) is 4.98 Å². The van der Waals surface area contributed by atoms with Crippen LogP contribution >= 0.6 is 0 Å². The van der Waals surface area contributed by atoms with E-state index in [1.54, 1.807) is 0 Å². The van der Waals surface area contributed by atoms with E-state index in [1.807, 2.05) is 36.5 Å². The summed E-state index contributed by atoms with van der Waals surface area (Å²) < 4.78 is 12.9. The SMILES string of the molecule is Cc1cc(-c2ccc3c4c2Oc2ccccc2B4c2ccccc2O3)ncc1-c1ccccc1. The molecule has 0 radical (unpaired) electrons. The first-order valence-corrected chi connectivity index (χ1v) is 11.5. The number of benzene rings is 4. The van der Waals surface area contributed by atoms with Crippen LogP contribution in [-0.2, 0) is 0 Å². The van der Waals surface area contributed by atoms with Gasteiger partial charge in [0.05, 0.1) is 5.69 Å². The third-order valence-electron chi connectivity index (χ3n) is 6.81. The van der Waals surface area contributed by atoms with Crippen molar-refractivity contribution in [3.05, 3.63) is 109 Å². The molecule has 5 aromatic rings. The maximum Gasteiger partial charge on any atom is 0.260 e. The highest BCUT2D eigenvalue weighted by Crippen LogP contribution is 2.40. The van der Waals surface area contributed by atoms with Gasteiger partial charge >= 0.3 is 0 Å².